The Kier molecular flexibility index (Phi) is 4.70. The maximum atomic E-state index is 13.4. The second-order valence-corrected chi connectivity index (χ2v) is 7.73. The van der Waals surface area contributed by atoms with Gasteiger partial charge in [-0.3, -0.25) is 14.3 Å². The van der Waals surface area contributed by atoms with E-state index >= 15 is 0 Å². The molecular formula is C19H26N6O3. The molecule has 2 amide bonds. The van der Waals surface area contributed by atoms with Crippen molar-refractivity contribution < 1.29 is 14.3 Å². The highest BCUT2D eigenvalue weighted by Crippen LogP contribution is 2.49. The minimum Gasteiger partial charge on any atom is -0.383 e. The molecule has 0 aliphatic carbocycles. The Morgan fingerprint density at radius 3 is 2.86 bits per heavy atom. The smallest absolute Gasteiger partial charge is 0.272 e. The number of ether oxygens (including phenoxy) is 1. The number of amides is 2. The summed E-state index contributed by atoms with van der Waals surface area (Å²) < 4.78 is 8.62. The van der Waals surface area contributed by atoms with E-state index in [1.807, 2.05) is 22.7 Å². The lowest BCUT2D eigenvalue weighted by molar-refractivity contribution is -0.136. The van der Waals surface area contributed by atoms with Crippen LogP contribution in [-0.4, -0.2) is 80.8 Å². The molecule has 2 fully saturated rings. The zero-order valence-electron chi connectivity index (χ0n) is 16.5. The number of carbonyl (C=O) groups is 2. The Labute approximate surface area is 163 Å². The molecule has 2 saturated heterocycles. The molecule has 0 N–H and O–H groups in total. The van der Waals surface area contributed by atoms with Gasteiger partial charge in [-0.15, -0.1) is 0 Å². The van der Waals surface area contributed by atoms with Crippen LogP contribution in [0.5, 0.6) is 0 Å². The van der Waals surface area contributed by atoms with E-state index in [1.54, 1.807) is 42.3 Å². The Bertz CT molecular complexity index is 890. The number of carbonyl (C=O) groups excluding carboxylic acids is 2. The largest absolute Gasteiger partial charge is 0.383 e. The van der Waals surface area contributed by atoms with Gasteiger partial charge in [0, 0.05) is 65.7 Å². The number of aromatic nitrogens is 4. The van der Waals surface area contributed by atoms with Gasteiger partial charge >= 0.3 is 0 Å². The van der Waals surface area contributed by atoms with Crippen LogP contribution in [0.3, 0.4) is 0 Å². The van der Waals surface area contributed by atoms with Gasteiger partial charge < -0.3 is 19.1 Å². The van der Waals surface area contributed by atoms with Gasteiger partial charge in [0.25, 0.3) is 5.91 Å². The molecule has 28 heavy (non-hydrogen) atoms. The minimum absolute atomic E-state index is 0.0963. The summed E-state index contributed by atoms with van der Waals surface area (Å²) in [6.45, 7) is 2.64. The summed E-state index contributed by atoms with van der Waals surface area (Å²) in [7, 11) is 5.30. The van der Waals surface area contributed by atoms with E-state index in [0.29, 0.717) is 44.9 Å². The van der Waals surface area contributed by atoms with Gasteiger partial charge in [-0.25, -0.2) is 4.98 Å². The van der Waals surface area contributed by atoms with Crippen LogP contribution in [-0.2, 0) is 23.6 Å². The molecule has 2 aromatic heterocycles. The Morgan fingerprint density at radius 2 is 2.21 bits per heavy atom. The third kappa shape index (κ3) is 2.90. The first kappa shape index (κ1) is 18.7. The summed E-state index contributed by atoms with van der Waals surface area (Å²) in [5.41, 5.74) is 0.763. The van der Waals surface area contributed by atoms with Crippen LogP contribution in [0.15, 0.2) is 24.8 Å². The highest BCUT2D eigenvalue weighted by atomic mass is 16.5. The van der Waals surface area contributed by atoms with Crippen molar-refractivity contribution in [2.45, 2.75) is 12.3 Å². The van der Waals surface area contributed by atoms with Crippen molar-refractivity contribution in [2.75, 3.05) is 39.9 Å². The predicted octanol–water partition coefficient (Wildman–Crippen LogP) is 0.258. The van der Waals surface area contributed by atoms with Crippen molar-refractivity contribution in [2.24, 2.45) is 19.5 Å². The number of hydrogen-bond donors (Lipinski definition) is 0. The minimum atomic E-state index is -0.629. The van der Waals surface area contributed by atoms with Crippen LogP contribution in [0, 0.1) is 5.41 Å². The molecule has 9 heteroatoms. The molecule has 0 bridgehead atoms. The van der Waals surface area contributed by atoms with E-state index in [4.69, 9.17) is 4.74 Å². The normalized spacial score (nSPS) is 24.7. The van der Waals surface area contributed by atoms with E-state index in [0.717, 1.165) is 5.69 Å². The quantitative estimate of drug-likeness (QED) is 0.736. The van der Waals surface area contributed by atoms with Crippen molar-refractivity contribution in [3.05, 3.63) is 36.2 Å². The molecule has 2 atom stereocenters. The molecule has 4 rings (SSSR count). The highest BCUT2D eigenvalue weighted by Gasteiger charge is 2.58. The van der Waals surface area contributed by atoms with Gasteiger partial charge in [-0.05, 0) is 12.5 Å². The van der Waals surface area contributed by atoms with Crippen LogP contribution in [0.4, 0.5) is 0 Å². The molecule has 2 aliphatic rings. The standard InChI is InChI=1S/C19H26N6O3/c1-22-11-15(20-13-22)14-10-25(17(26)16-4-6-21-23(16)2)12-19(14)5-7-24(18(19)27)8-9-28-3/h4,6,11,13-14H,5,7-10,12H2,1-3H3/t14-,19-/m0/s1. The number of aryl methyl sites for hydroxylation is 2. The van der Waals surface area contributed by atoms with Crippen molar-refractivity contribution in [3.8, 4) is 0 Å². The van der Waals surface area contributed by atoms with E-state index in [1.165, 1.54) is 0 Å². The fourth-order valence-corrected chi connectivity index (χ4v) is 4.54. The third-order valence-corrected chi connectivity index (χ3v) is 6.06. The maximum Gasteiger partial charge on any atom is 0.272 e. The van der Waals surface area contributed by atoms with Crippen LogP contribution < -0.4 is 0 Å². The van der Waals surface area contributed by atoms with Gasteiger partial charge in [0.1, 0.15) is 5.69 Å². The second-order valence-electron chi connectivity index (χ2n) is 7.73. The molecular weight excluding hydrogens is 360 g/mol. The lowest BCUT2D eigenvalue weighted by Crippen LogP contribution is -2.41. The Balaban J connectivity index is 1.66. The first-order valence-electron chi connectivity index (χ1n) is 9.50. The lowest BCUT2D eigenvalue weighted by Gasteiger charge is -2.27. The van der Waals surface area contributed by atoms with Crippen LogP contribution in [0.1, 0.15) is 28.5 Å². The molecule has 0 aromatic carbocycles. The molecule has 2 aliphatic heterocycles. The maximum absolute atomic E-state index is 13.4. The summed E-state index contributed by atoms with van der Waals surface area (Å²) in [6, 6.07) is 1.71. The summed E-state index contributed by atoms with van der Waals surface area (Å²) in [4.78, 5) is 34.7. The number of imidazole rings is 1. The van der Waals surface area contributed by atoms with Crippen LogP contribution in [0.2, 0.25) is 0 Å². The highest BCUT2D eigenvalue weighted by molar-refractivity contribution is 5.95. The zero-order valence-corrected chi connectivity index (χ0v) is 16.5. The summed E-state index contributed by atoms with van der Waals surface area (Å²) in [6.07, 6.45) is 6.03. The SMILES string of the molecule is COCCN1CC[C@@]2(CN(C(=O)c3ccnn3C)C[C@H]2c2cn(C)cn2)C1=O. The van der Waals surface area contributed by atoms with E-state index < -0.39 is 5.41 Å². The fraction of sp³-hybridized carbons (Fsp3) is 0.579. The van der Waals surface area contributed by atoms with Gasteiger partial charge in [0.2, 0.25) is 5.91 Å². The average Bonchev–Trinajstić information content (AvgIpc) is 3.43. The van der Waals surface area contributed by atoms with Crippen molar-refractivity contribution in [3.63, 3.8) is 0 Å². The molecule has 2 aromatic rings. The van der Waals surface area contributed by atoms with Gasteiger partial charge in [-0.2, -0.15) is 5.10 Å². The zero-order chi connectivity index (χ0) is 19.9. The lowest BCUT2D eigenvalue weighted by atomic mass is 9.75. The summed E-state index contributed by atoms with van der Waals surface area (Å²) in [5.74, 6) is -0.118. The third-order valence-electron chi connectivity index (χ3n) is 6.06. The fourth-order valence-electron chi connectivity index (χ4n) is 4.54. The number of nitrogens with zero attached hydrogens (tertiary/aromatic N) is 6. The molecule has 0 unspecified atom stereocenters. The van der Waals surface area contributed by atoms with Crippen molar-refractivity contribution in [1.82, 2.24) is 29.1 Å². The van der Waals surface area contributed by atoms with E-state index in [2.05, 4.69) is 10.1 Å². The number of likely N-dealkylation sites (tertiary alicyclic amines) is 2. The Hall–Kier alpha value is -2.68. The first-order chi connectivity index (χ1) is 13.5. The number of methoxy groups -OCH3 is 1. The first-order valence-corrected chi connectivity index (χ1v) is 9.50. The van der Waals surface area contributed by atoms with Gasteiger partial charge in [0.05, 0.1) is 24.0 Å². The molecule has 4 heterocycles. The topological polar surface area (TPSA) is 85.5 Å². The average molecular weight is 386 g/mol. The number of rotatable bonds is 5. The number of hydrogen-bond acceptors (Lipinski definition) is 5. The Morgan fingerprint density at radius 1 is 1.39 bits per heavy atom. The van der Waals surface area contributed by atoms with Crippen LogP contribution >= 0.6 is 0 Å². The molecule has 9 nitrogen and oxygen atoms in total. The van der Waals surface area contributed by atoms with Gasteiger partial charge in [0.15, 0.2) is 0 Å². The summed E-state index contributed by atoms with van der Waals surface area (Å²) >= 11 is 0. The van der Waals surface area contributed by atoms with Crippen molar-refractivity contribution in [1.29, 1.82) is 0 Å². The van der Waals surface area contributed by atoms with Crippen LogP contribution in [0.25, 0.3) is 0 Å². The molecule has 1 spiro atoms. The van der Waals surface area contributed by atoms with E-state index in [9.17, 15) is 9.59 Å². The van der Waals surface area contributed by atoms with Gasteiger partial charge in [-0.1, -0.05) is 0 Å². The predicted molar refractivity (Wildman–Crippen MR) is 101 cm³/mol. The molecule has 0 saturated carbocycles. The monoisotopic (exact) mass is 386 g/mol. The summed E-state index contributed by atoms with van der Waals surface area (Å²) in [5, 5.41) is 4.10. The second kappa shape index (κ2) is 7.05. The van der Waals surface area contributed by atoms with E-state index in [-0.39, 0.29) is 17.7 Å². The molecule has 0 radical (unpaired) electrons. The molecule has 150 valence electrons. The van der Waals surface area contributed by atoms with Crippen molar-refractivity contribution >= 4 is 11.8 Å².